The van der Waals surface area contributed by atoms with Crippen molar-refractivity contribution in [2.45, 2.75) is 65.3 Å². The van der Waals surface area contributed by atoms with Crippen molar-refractivity contribution in [2.75, 3.05) is 19.6 Å². The summed E-state index contributed by atoms with van der Waals surface area (Å²) in [5.74, 6) is -1.14. The minimum absolute atomic E-state index is 0.100. The van der Waals surface area contributed by atoms with Crippen LogP contribution in [-0.2, 0) is 14.4 Å². The summed E-state index contributed by atoms with van der Waals surface area (Å²) in [6.07, 6.45) is 3.27. The molecular formula is C20H31N3O5. The topological polar surface area (TPSA) is 107 Å². The van der Waals surface area contributed by atoms with Crippen LogP contribution in [0, 0.1) is 16.7 Å². The third kappa shape index (κ3) is 3.49. The Morgan fingerprint density at radius 3 is 2.29 bits per heavy atom. The lowest BCUT2D eigenvalue weighted by Gasteiger charge is -2.40. The van der Waals surface area contributed by atoms with E-state index in [0.717, 1.165) is 17.7 Å². The molecule has 156 valence electrons. The van der Waals surface area contributed by atoms with E-state index < -0.39 is 23.0 Å². The number of carboxylic acid groups (broad SMARTS) is 1. The van der Waals surface area contributed by atoms with Gasteiger partial charge in [0.25, 0.3) is 5.91 Å². The predicted molar refractivity (Wildman–Crippen MR) is 101 cm³/mol. The Labute approximate surface area is 165 Å². The van der Waals surface area contributed by atoms with Crippen LogP contribution in [0.25, 0.3) is 0 Å². The highest BCUT2D eigenvalue weighted by Crippen LogP contribution is 2.43. The zero-order valence-corrected chi connectivity index (χ0v) is 17.2. The fourth-order valence-electron chi connectivity index (χ4n) is 4.72. The standard InChI is InChI=1S/C20H31N3O5/c1-18(2,3)13-5-7-20(8-6-13)15(25)23(17(28)21-20)11-14(24)22-10-9-19(4,12-22)16(26)27/h13H,5-12H2,1-4H3,(H,21,28)(H,26,27). The van der Waals surface area contributed by atoms with E-state index in [1.54, 1.807) is 6.92 Å². The molecule has 1 aliphatic carbocycles. The summed E-state index contributed by atoms with van der Waals surface area (Å²) in [7, 11) is 0. The molecule has 8 nitrogen and oxygen atoms in total. The van der Waals surface area contributed by atoms with Gasteiger partial charge >= 0.3 is 12.0 Å². The van der Waals surface area contributed by atoms with E-state index in [2.05, 4.69) is 26.1 Å². The molecule has 28 heavy (non-hydrogen) atoms. The maximum atomic E-state index is 13.0. The zero-order valence-electron chi connectivity index (χ0n) is 17.2. The average molecular weight is 393 g/mol. The normalized spacial score (nSPS) is 33.5. The van der Waals surface area contributed by atoms with Crippen molar-refractivity contribution in [3.05, 3.63) is 0 Å². The summed E-state index contributed by atoms with van der Waals surface area (Å²) in [6.45, 7) is 8.28. The summed E-state index contributed by atoms with van der Waals surface area (Å²) in [4.78, 5) is 51.9. The number of rotatable bonds is 3. The van der Waals surface area contributed by atoms with E-state index in [0.29, 0.717) is 31.7 Å². The maximum Gasteiger partial charge on any atom is 0.325 e. The van der Waals surface area contributed by atoms with Gasteiger partial charge in [0.05, 0.1) is 5.41 Å². The second kappa shape index (κ2) is 6.74. The molecule has 2 N–H and O–H groups in total. The lowest BCUT2D eigenvalue weighted by Crippen LogP contribution is -2.51. The number of hydrogen-bond donors (Lipinski definition) is 2. The van der Waals surface area contributed by atoms with E-state index in [4.69, 9.17) is 0 Å². The molecule has 0 aromatic carbocycles. The molecule has 3 rings (SSSR count). The molecule has 2 saturated heterocycles. The molecule has 1 saturated carbocycles. The number of likely N-dealkylation sites (tertiary alicyclic amines) is 1. The maximum absolute atomic E-state index is 13.0. The van der Waals surface area contributed by atoms with Gasteiger partial charge in [0.1, 0.15) is 12.1 Å². The molecule has 0 aromatic rings. The van der Waals surface area contributed by atoms with Crippen LogP contribution in [-0.4, -0.2) is 63.9 Å². The number of nitrogens with one attached hydrogen (secondary N) is 1. The van der Waals surface area contributed by atoms with Gasteiger partial charge in [-0.15, -0.1) is 0 Å². The lowest BCUT2D eigenvalue weighted by atomic mass is 9.67. The molecule has 0 radical (unpaired) electrons. The Kier molecular flexibility index (Phi) is 4.96. The summed E-state index contributed by atoms with van der Waals surface area (Å²) < 4.78 is 0. The lowest BCUT2D eigenvalue weighted by molar-refractivity contribution is -0.147. The Morgan fingerprint density at radius 2 is 1.79 bits per heavy atom. The van der Waals surface area contributed by atoms with Gasteiger partial charge in [-0.3, -0.25) is 19.3 Å². The van der Waals surface area contributed by atoms with Crippen molar-refractivity contribution in [2.24, 2.45) is 16.7 Å². The monoisotopic (exact) mass is 393 g/mol. The predicted octanol–water partition coefficient (Wildman–Crippen LogP) is 1.84. The highest BCUT2D eigenvalue weighted by molar-refractivity contribution is 6.09. The van der Waals surface area contributed by atoms with Crippen LogP contribution in [0.2, 0.25) is 0 Å². The fourth-order valence-corrected chi connectivity index (χ4v) is 4.72. The molecule has 1 unspecified atom stereocenters. The van der Waals surface area contributed by atoms with E-state index in [1.165, 1.54) is 4.90 Å². The largest absolute Gasteiger partial charge is 0.481 e. The minimum Gasteiger partial charge on any atom is -0.481 e. The highest BCUT2D eigenvalue weighted by atomic mass is 16.4. The van der Waals surface area contributed by atoms with Crippen molar-refractivity contribution in [3.8, 4) is 0 Å². The Hall–Kier alpha value is -2.12. The fraction of sp³-hybridized carbons (Fsp3) is 0.800. The summed E-state index contributed by atoms with van der Waals surface area (Å²) in [5.41, 5.74) is -1.70. The van der Waals surface area contributed by atoms with Gasteiger partial charge in [-0.2, -0.15) is 0 Å². The molecular weight excluding hydrogens is 362 g/mol. The van der Waals surface area contributed by atoms with Gasteiger partial charge in [-0.1, -0.05) is 20.8 Å². The second-order valence-electron chi connectivity index (χ2n) is 9.97. The minimum atomic E-state index is -0.973. The Morgan fingerprint density at radius 1 is 1.18 bits per heavy atom. The van der Waals surface area contributed by atoms with Gasteiger partial charge in [0.2, 0.25) is 5.91 Å². The summed E-state index contributed by atoms with van der Waals surface area (Å²) in [5, 5.41) is 12.2. The van der Waals surface area contributed by atoms with Crippen LogP contribution in [0.15, 0.2) is 0 Å². The molecule has 1 spiro atoms. The van der Waals surface area contributed by atoms with Crippen molar-refractivity contribution >= 4 is 23.8 Å². The van der Waals surface area contributed by atoms with E-state index in [9.17, 15) is 24.3 Å². The molecule has 4 amide bonds. The zero-order chi connectivity index (χ0) is 20.9. The highest BCUT2D eigenvalue weighted by Gasteiger charge is 2.54. The number of carbonyl (C=O) groups is 4. The molecule has 0 bridgehead atoms. The second-order valence-corrected chi connectivity index (χ2v) is 9.97. The van der Waals surface area contributed by atoms with Gasteiger partial charge in [0, 0.05) is 13.1 Å². The smallest absolute Gasteiger partial charge is 0.325 e. The number of aliphatic carboxylic acids is 1. The Balaban J connectivity index is 1.64. The number of urea groups is 1. The molecule has 3 aliphatic rings. The van der Waals surface area contributed by atoms with Crippen molar-refractivity contribution in [3.63, 3.8) is 0 Å². The molecule has 8 heteroatoms. The molecule has 2 aliphatic heterocycles. The first-order valence-corrected chi connectivity index (χ1v) is 10.0. The van der Waals surface area contributed by atoms with E-state index in [-0.39, 0.29) is 30.3 Å². The Bertz CT molecular complexity index is 705. The number of imide groups is 1. The quantitative estimate of drug-likeness (QED) is 0.712. The molecule has 1 atom stereocenters. The number of carboxylic acids is 1. The molecule has 3 fully saturated rings. The first kappa shape index (κ1) is 20.6. The number of amides is 4. The molecule has 2 heterocycles. The average Bonchev–Trinajstić information content (AvgIpc) is 3.10. The number of carbonyl (C=O) groups excluding carboxylic acids is 3. The third-order valence-corrected chi connectivity index (χ3v) is 6.95. The van der Waals surface area contributed by atoms with Gasteiger partial charge in [0.15, 0.2) is 0 Å². The van der Waals surface area contributed by atoms with Crippen molar-refractivity contribution < 1.29 is 24.3 Å². The first-order valence-electron chi connectivity index (χ1n) is 10.0. The summed E-state index contributed by atoms with van der Waals surface area (Å²) >= 11 is 0. The number of nitrogens with zero attached hydrogens (tertiary/aromatic N) is 2. The van der Waals surface area contributed by atoms with E-state index >= 15 is 0 Å². The van der Waals surface area contributed by atoms with Crippen LogP contribution < -0.4 is 5.32 Å². The van der Waals surface area contributed by atoms with Crippen LogP contribution >= 0.6 is 0 Å². The van der Waals surface area contributed by atoms with Gasteiger partial charge in [-0.25, -0.2) is 4.79 Å². The number of hydrogen-bond acceptors (Lipinski definition) is 4. The van der Waals surface area contributed by atoms with Crippen molar-refractivity contribution in [1.82, 2.24) is 15.1 Å². The first-order chi connectivity index (χ1) is 12.9. The van der Waals surface area contributed by atoms with E-state index in [1.807, 2.05) is 0 Å². The van der Waals surface area contributed by atoms with Crippen LogP contribution in [0.1, 0.15) is 59.8 Å². The van der Waals surface area contributed by atoms with Gasteiger partial charge in [-0.05, 0) is 50.4 Å². The summed E-state index contributed by atoms with van der Waals surface area (Å²) in [6, 6.07) is -0.521. The van der Waals surface area contributed by atoms with Crippen LogP contribution in [0.4, 0.5) is 4.79 Å². The third-order valence-electron chi connectivity index (χ3n) is 6.95. The molecule has 0 aromatic heterocycles. The van der Waals surface area contributed by atoms with Gasteiger partial charge < -0.3 is 15.3 Å². The van der Waals surface area contributed by atoms with Crippen LogP contribution in [0.5, 0.6) is 0 Å². The SMILES string of the molecule is CC1(C(=O)O)CCN(C(=O)CN2C(=O)NC3(CCC(C(C)(C)C)CC3)C2=O)C1. The van der Waals surface area contributed by atoms with Crippen molar-refractivity contribution in [1.29, 1.82) is 0 Å². The van der Waals surface area contributed by atoms with Crippen LogP contribution in [0.3, 0.4) is 0 Å².